The van der Waals surface area contributed by atoms with E-state index in [1.165, 1.54) is 11.0 Å². The van der Waals surface area contributed by atoms with Gasteiger partial charge in [0.05, 0.1) is 0 Å². The van der Waals surface area contributed by atoms with Crippen molar-refractivity contribution >= 4 is 5.91 Å². The molecule has 5 nitrogen and oxygen atoms in total. The highest BCUT2D eigenvalue weighted by molar-refractivity contribution is 5.86. The molecule has 1 aromatic heterocycles. The average Bonchev–Trinajstić information content (AvgIpc) is 2.67. The van der Waals surface area contributed by atoms with Crippen LogP contribution in [0.1, 0.15) is 24.1 Å². The lowest BCUT2D eigenvalue weighted by Gasteiger charge is -2.38. The van der Waals surface area contributed by atoms with Gasteiger partial charge in [-0.25, -0.2) is 8.78 Å². The predicted octanol–water partition coefficient (Wildman–Crippen LogP) is 2.05. The second-order valence-electron chi connectivity index (χ2n) is 6.86. The first-order chi connectivity index (χ1) is 13.0. The molecule has 0 saturated carbocycles. The van der Waals surface area contributed by atoms with Gasteiger partial charge >= 0.3 is 0 Å². The third kappa shape index (κ3) is 4.87. The van der Waals surface area contributed by atoms with E-state index in [-0.39, 0.29) is 19.0 Å². The summed E-state index contributed by atoms with van der Waals surface area (Å²) in [7, 11) is 0. The number of aliphatic hydroxyl groups is 1. The van der Waals surface area contributed by atoms with Gasteiger partial charge in [0.1, 0.15) is 0 Å². The number of nitrogens with zero attached hydrogens (tertiary/aromatic N) is 2. The Kier molecular flexibility index (Phi) is 6.13. The lowest BCUT2D eigenvalue weighted by molar-refractivity contribution is -0.157. The van der Waals surface area contributed by atoms with Crippen molar-refractivity contribution in [1.29, 1.82) is 0 Å². The van der Waals surface area contributed by atoms with Gasteiger partial charge in [0.2, 0.25) is 0 Å². The number of carbonyl (C=O) groups is 1. The fourth-order valence-corrected chi connectivity index (χ4v) is 3.30. The minimum atomic E-state index is -1.49. The van der Waals surface area contributed by atoms with Crippen molar-refractivity contribution in [2.45, 2.75) is 31.4 Å². The predicted molar refractivity (Wildman–Crippen MR) is 96.8 cm³/mol. The van der Waals surface area contributed by atoms with Crippen LogP contribution in [-0.4, -0.2) is 46.1 Å². The number of amides is 1. The van der Waals surface area contributed by atoms with E-state index in [1.807, 2.05) is 18.2 Å². The van der Waals surface area contributed by atoms with Gasteiger partial charge in [0.25, 0.3) is 5.91 Å². The summed E-state index contributed by atoms with van der Waals surface area (Å²) in [4.78, 5) is 18.5. The van der Waals surface area contributed by atoms with Gasteiger partial charge in [-0.1, -0.05) is 12.1 Å². The first-order valence-electron chi connectivity index (χ1n) is 9.04. The Bertz CT molecular complexity index is 788. The average molecular weight is 375 g/mol. The van der Waals surface area contributed by atoms with Gasteiger partial charge in [-0.2, -0.15) is 0 Å². The Morgan fingerprint density at radius 2 is 2.07 bits per heavy atom. The van der Waals surface area contributed by atoms with Gasteiger partial charge in [0, 0.05) is 44.5 Å². The van der Waals surface area contributed by atoms with Crippen molar-refractivity contribution in [1.82, 2.24) is 15.2 Å². The Balaban J connectivity index is 1.55. The number of halogens is 2. The van der Waals surface area contributed by atoms with Crippen LogP contribution in [0.25, 0.3) is 0 Å². The SMILES string of the molecule is O=C1N(Cc2ccc(F)c(F)c2)CCCC1(O)CNCCc1ccccn1. The summed E-state index contributed by atoms with van der Waals surface area (Å²) < 4.78 is 26.4. The van der Waals surface area contributed by atoms with Crippen molar-refractivity contribution < 1.29 is 18.7 Å². The molecule has 1 saturated heterocycles. The highest BCUT2D eigenvalue weighted by atomic mass is 19.2. The van der Waals surface area contributed by atoms with E-state index in [1.54, 1.807) is 6.20 Å². The Hall–Kier alpha value is -2.38. The summed E-state index contributed by atoms with van der Waals surface area (Å²) in [6.45, 7) is 1.36. The summed E-state index contributed by atoms with van der Waals surface area (Å²) in [6.07, 6.45) is 3.44. The van der Waals surface area contributed by atoms with Gasteiger partial charge < -0.3 is 15.3 Å². The Morgan fingerprint density at radius 3 is 2.81 bits per heavy atom. The van der Waals surface area contributed by atoms with Gasteiger partial charge in [-0.15, -0.1) is 0 Å². The molecule has 1 aromatic carbocycles. The lowest BCUT2D eigenvalue weighted by atomic mass is 9.91. The quantitative estimate of drug-likeness (QED) is 0.727. The smallest absolute Gasteiger partial charge is 0.256 e. The van der Waals surface area contributed by atoms with Crippen LogP contribution in [-0.2, 0) is 17.8 Å². The van der Waals surface area contributed by atoms with E-state index in [0.29, 0.717) is 37.9 Å². The zero-order valence-corrected chi connectivity index (χ0v) is 15.0. The molecule has 0 spiro atoms. The molecule has 1 aliphatic heterocycles. The summed E-state index contributed by atoms with van der Waals surface area (Å²) in [5.74, 6) is -2.25. The molecule has 1 aliphatic rings. The third-order valence-electron chi connectivity index (χ3n) is 4.76. The van der Waals surface area contributed by atoms with E-state index in [0.717, 1.165) is 17.8 Å². The zero-order chi connectivity index (χ0) is 19.3. The van der Waals surface area contributed by atoms with Crippen LogP contribution in [0, 0.1) is 11.6 Å². The third-order valence-corrected chi connectivity index (χ3v) is 4.76. The maximum absolute atomic E-state index is 13.4. The van der Waals surface area contributed by atoms with Crippen LogP contribution < -0.4 is 5.32 Å². The molecule has 0 aliphatic carbocycles. The van der Waals surface area contributed by atoms with E-state index in [9.17, 15) is 18.7 Å². The van der Waals surface area contributed by atoms with Crippen LogP contribution in [0.15, 0.2) is 42.6 Å². The number of aromatic nitrogens is 1. The maximum atomic E-state index is 13.4. The number of pyridine rings is 1. The molecule has 27 heavy (non-hydrogen) atoms. The molecule has 1 atom stereocenters. The number of likely N-dealkylation sites (tertiary alicyclic amines) is 1. The molecule has 2 aromatic rings. The minimum absolute atomic E-state index is 0.145. The number of piperidine rings is 1. The van der Waals surface area contributed by atoms with Crippen LogP contribution in [0.2, 0.25) is 0 Å². The van der Waals surface area contributed by atoms with Crippen molar-refractivity contribution in [3.8, 4) is 0 Å². The van der Waals surface area contributed by atoms with Gasteiger partial charge in [0.15, 0.2) is 17.2 Å². The number of rotatable bonds is 7. The number of benzene rings is 1. The summed E-state index contributed by atoms with van der Waals surface area (Å²) in [5, 5.41) is 13.9. The summed E-state index contributed by atoms with van der Waals surface area (Å²) in [5.41, 5.74) is -0.0532. The molecule has 3 rings (SSSR count). The fourth-order valence-electron chi connectivity index (χ4n) is 3.30. The van der Waals surface area contributed by atoms with Crippen molar-refractivity contribution in [2.75, 3.05) is 19.6 Å². The van der Waals surface area contributed by atoms with E-state index >= 15 is 0 Å². The first-order valence-corrected chi connectivity index (χ1v) is 9.04. The van der Waals surface area contributed by atoms with E-state index in [2.05, 4.69) is 10.3 Å². The maximum Gasteiger partial charge on any atom is 0.256 e. The monoisotopic (exact) mass is 375 g/mol. The molecule has 0 radical (unpaired) electrons. The highest BCUT2D eigenvalue weighted by Crippen LogP contribution is 2.24. The number of hydrogen-bond acceptors (Lipinski definition) is 4. The number of nitrogens with one attached hydrogen (secondary N) is 1. The molecule has 2 N–H and O–H groups in total. The van der Waals surface area contributed by atoms with Crippen LogP contribution in [0.4, 0.5) is 8.78 Å². The molecule has 2 heterocycles. The summed E-state index contributed by atoms with van der Waals surface area (Å²) in [6, 6.07) is 9.26. The van der Waals surface area contributed by atoms with E-state index in [4.69, 9.17) is 0 Å². The second-order valence-corrected chi connectivity index (χ2v) is 6.86. The van der Waals surface area contributed by atoms with Crippen molar-refractivity contribution in [3.05, 3.63) is 65.5 Å². The molecule has 1 unspecified atom stereocenters. The molecule has 1 fully saturated rings. The van der Waals surface area contributed by atoms with Crippen molar-refractivity contribution in [2.24, 2.45) is 0 Å². The highest BCUT2D eigenvalue weighted by Gasteiger charge is 2.41. The summed E-state index contributed by atoms with van der Waals surface area (Å²) >= 11 is 0. The molecule has 7 heteroatoms. The van der Waals surface area contributed by atoms with Crippen LogP contribution in [0.3, 0.4) is 0 Å². The van der Waals surface area contributed by atoms with Crippen LogP contribution in [0.5, 0.6) is 0 Å². The largest absolute Gasteiger partial charge is 0.379 e. The topological polar surface area (TPSA) is 65.5 Å². The second kappa shape index (κ2) is 8.54. The minimum Gasteiger partial charge on any atom is -0.379 e. The number of carbonyl (C=O) groups excluding carboxylic acids is 1. The number of hydrogen-bond donors (Lipinski definition) is 2. The molecule has 1 amide bonds. The normalized spacial score (nSPS) is 20.1. The molecular formula is C20H23F2N3O2. The van der Waals surface area contributed by atoms with E-state index < -0.39 is 17.2 Å². The first kappa shape index (κ1) is 19.4. The standard InChI is InChI=1S/C20H23F2N3O2/c21-17-6-5-15(12-18(17)22)13-25-11-3-8-20(27,19(25)26)14-23-10-7-16-4-1-2-9-24-16/h1-2,4-6,9,12,23,27H,3,7-8,10-11,13-14H2. The lowest BCUT2D eigenvalue weighted by Crippen LogP contribution is -2.57. The molecule has 0 bridgehead atoms. The molecule has 144 valence electrons. The van der Waals surface area contributed by atoms with Crippen LogP contribution >= 0.6 is 0 Å². The van der Waals surface area contributed by atoms with Gasteiger partial charge in [-0.05, 0) is 42.7 Å². The fraction of sp³-hybridized carbons (Fsp3) is 0.400. The van der Waals surface area contributed by atoms with Gasteiger partial charge in [-0.3, -0.25) is 9.78 Å². The zero-order valence-electron chi connectivity index (χ0n) is 15.0. The Labute approximate surface area is 157 Å². The molecular weight excluding hydrogens is 352 g/mol. The Morgan fingerprint density at radius 1 is 1.22 bits per heavy atom. The van der Waals surface area contributed by atoms with Crippen molar-refractivity contribution in [3.63, 3.8) is 0 Å².